The summed E-state index contributed by atoms with van der Waals surface area (Å²) in [5.41, 5.74) is 2.65. The van der Waals surface area contributed by atoms with Crippen molar-refractivity contribution in [2.75, 3.05) is 26.2 Å². The topological polar surface area (TPSA) is 49.8 Å². The van der Waals surface area contributed by atoms with Gasteiger partial charge in [-0.3, -0.25) is 4.79 Å². The summed E-state index contributed by atoms with van der Waals surface area (Å²) in [5.74, 6) is -0.699. The normalized spacial score (nSPS) is 17.7. The molecule has 0 amide bonds. The minimum Gasteiger partial charge on any atom is -0.481 e. The molecule has 1 aliphatic heterocycles. The van der Waals surface area contributed by atoms with Gasteiger partial charge in [-0.05, 0) is 51.1 Å². The Balaban J connectivity index is 1.78. The molecule has 0 aromatic heterocycles. The molecule has 2 rings (SSSR count). The van der Waals surface area contributed by atoms with Gasteiger partial charge in [0, 0.05) is 26.1 Å². The highest BCUT2D eigenvalue weighted by atomic mass is 16.5. The molecule has 1 atom stereocenters. The van der Waals surface area contributed by atoms with Gasteiger partial charge in [0.15, 0.2) is 0 Å². The Hall–Kier alpha value is -1.39. The highest BCUT2D eigenvalue weighted by Gasteiger charge is 2.19. The van der Waals surface area contributed by atoms with E-state index in [1.807, 2.05) is 0 Å². The van der Waals surface area contributed by atoms with Crippen LogP contribution in [0.2, 0.25) is 0 Å². The van der Waals surface area contributed by atoms with E-state index in [9.17, 15) is 4.79 Å². The molecular formula is C19H29NO3. The molecule has 1 saturated heterocycles. The summed E-state index contributed by atoms with van der Waals surface area (Å²) in [5, 5.41) is 8.75. The van der Waals surface area contributed by atoms with Crippen molar-refractivity contribution < 1.29 is 14.6 Å². The molecule has 1 heterocycles. The monoisotopic (exact) mass is 319 g/mol. The van der Waals surface area contributed by atoms with E-state index in [4.69, 9.17) is 9.84 Å². The van der Waals surface area contributed by atoms with Crippen LogP contribution in [-0.2, 0) is 16.0 Å². The molecule has 0 saturated carbocycles. The van der Waals surface area contributed by atoms with Crippen molar-refractivity contribution in [3.8, 4) is 0 Å². The maximum Gasteiger partial charge on any atom is 0.303 e. The Morgan fingerprint density at radius 3 is 2.70 bits per heavy atom. The Kier molecular flexibility index (Phi) is 7.56. The minimum absolute atomic E-state index is 0.270. The third-order valence-electron chi connectivity index (χ3n) is 4.44. The Morgan fingerprint density at radius 1 is 1.26 bits per heavy atom. The highest BCUT2D eigenvalue weighted by molar-refractivity contribution is 5.66. The van der Waals surface area contributed by atoms with Gasteiger partial charge >= 0.3 is 5.97 Å². The van der Waals surface area contributed by atoms with Crippen LogP contribution in [0.3, 0.4) is 0 Å². The third-order valence-corrected chi connectivity index (χ3v) is 4.44. The zero-order chi connectivity index (χ0) is 16.5. The van der Waals surface area contributed by atoms with Gasteiger partial charge in [0.25, 0.3) is 0 Å². The zero-order valence-corrected chi connectivity index (χ0v) is 14.2. The fourth-order valence-electron chi connectivity index (χ4n) is 3.02. The van der Waals surface area contributed by atoms with Crippen molar-refractivity contribution in [3.05, 3.63) is 35.4 Å². The van der Waals surface area contributed by atoms with Crippen LogP contribution in [-0.4, -0.2) is 48.3 Å². The molecule has 1 aromatic carbocycles. The molecule has 0 spiro atoms. The quantitative estimate of drug-likeness (QED) is 0.673. The molecule has 1 fully saturated rings. The van der Waals surface area contributed by atoms with E-state index >= 15 is 0 Å². The van der Waals surface area contributed by atoms with E-state index in [-0.39, 0.29) is 6.42 Å². The molecular weight excluding hydrogens is 290 g/mol. The second kappa shape index (κ2) is 9.68. The largest absolute Gasteiger partial charge is 0.481 e. The number of aryl methyl sites for hydroxylation is 1. The summed E-state index contributed by atoms with van der Waals surface area (Å²) in [6.45, 7) is 5.93. The molecule has 0 radical (unpaired) electrons. The van der Waals surface area contributed by atoms with E-state index in [1.54, 1.807) is 0 Å². The van der Waals surface area contributed by atoms with Gasteiger partial charge in [-0.15, -0.1) is 0 Å². The first-order valence-electron chi connectivity index (χ1n) is 8.75. The third kappa shape index (κ3) is 7.14. The zero-order valence-electron chi connectivity index (χ0n) is 14.2. The van der Waals surface area contributed by atoms with Crippen LogP contribution >= 0.6 is 0 Å². The summed E-state index contributed by atoms with van der Waals surface area (Å²) in [6.07, 6.45) is 5.66. The standard InChI is InChI=1S/C19H29NO3/c1-16-7-9-17(10-8-16)11-13-20(12-3-2-6-19(21)22)15-18-5-4-14-23-18/h7-10,18H,2-6,11-15H2,1H3,(H,21,22). The van der Waals surface area contributed by atoms with Gasteiger partial charge in [-0.25, -0.2) is 0 Å². The molecule has 0 aliphatic carbocycles. The summed E-state index contributed by atoms with van der Waals surface area (Å²) in [4.78, 5) is 13.1. The second-order valence-corrected chi connectivity index (χ2v) is 6.52. The van der Waals surface area contributed by atoms with Crippen LogP contribution in [0, 0.1) is 6.92 Å². The van der Waals surface area contributed by atoms with E-state index in [2.05, 4.69) is 36.1 Å². The molecule has 128 valence electrons. The highest BCUT2D eigenvalue weighted by Crippen LogP contribution is 2.15. The van der Waals surface area contributed by atoms with Crippen LogP contribution in [0.5, 0.6) is 0 Å². The lowest BCUT2D eigenvalue weighted by atomic mass is 10.1. The lowest BCUT2D eigenvalue weighted by molar-refractivity contribution is -0.137. The second-order valence-electron chi connectivity index (χ2n) is 6.52. The van der Waals surface area contributed by atoms with Crippen molar-refractivity contribution in [2.24, 2.45) is 0 Å². The average Bonchev–Trinajstić information content (AvgIpc) is 3.03. The average molecular weight is 319 g/mol. The lowest BCUT2D eigenvalue weighted by Crippen LogP contribution is -2.34. The number of nitrogens with zero attached hydrogens (tertiary/aromatic N) is 1. The smallest absolute Gasteiger partial charge is 0.303 e. The number of aliphatic carboxylic acids is 1. The summed E-state index contributed by atoms with van der Waals surface area (Å²) in [7, 11) is 0. The fraction of sp³-hybridized carbons (Fsp3) is 0.632. The lowest BCUT2D eigenvalue weighted by Gasteiger charge is -2.25. The first kappa shape index (κ1) is 18.0. The summed E-state index contributed by atoms with van der Waals surface area (Å²) in [6, 6.07) is 8.72. The SMILES string of the molecule is Cc1ccc(CCN(CCCCC(=O)O)CC2CCCO2)cc1. The van der Waals surface area contributed by atoms with Crippen molar-refractivity contribution in [1.29, 1.82) is 0 Å². The summed E-state index contributed by atoms with van der Waals surface area (Å²) >= 11 is 0. The van der Waals surface area contributed by atoms with Crippen LogP contribution < -0.4 is 0 Å². The Bertz CT molecular complexity index is 466. The predicted molar refractivity (Wildman–Crippen MR) is 91.8 cm³/mol. The van der Waals surface area contributed by atoms with Gasteiger partial charge in [0.1, 0.15) is 0 Å². The minimum atomic E-state index is -0.699. The number of carboxylic acids is 1. The van der Waals surface area contributed by atoms with Crippen molar-refractivity contribution in [3.63, 3.8) is 0 Å². The maximum atomic E-state index is 10.6. The first-order valence-corrected chi connectivity index (χ1v) is 8.75. The van der Waals surface area contributed by atoms with Crippen molar-refractivity contribution in [2.45, 2.75) is 51.6 Å². The molecule has 1 aliphatic rings. The molecule has 4 heteroatoms. The van der Waals surface area contributed by atoms with Crippen LogP contribution in [0.1, 0.15) is 43.2 Å². The number of unbranched alkanes of at least 4 members (excludes halogenated alkanes) is 1. The summed E-state index contributed by atoms with van der Waals surface area (Å²) < 4.78 is 5.76. The van der Waals surface area contributed by atoms with E-state index in [0.717, 1.165) is 58.3 Å². The number of hydrogen-bond donors (Lipinski definition) is 1. The molecule has 1 N–H and O–H groups in total. The van der Waals surface area contributed by atoms with Gasteiger partial charge in [-0.1, -0.05) is 29.8 Å². The van der Waals surface area contributed by atoms with E-state index in [0.29, 0.717) is 6.10 Å². The number of ether oxygens (including phenoxy) is 1. The fourth-order valence-corrected chi connectivity index (χ4v) is 3.02. The molecule has 0 bridgehead atoms. The van der Waals surface area contributed by atoms with Crippen LogP contribution in [0.4, 0.5) is 0 Å². The molecule has 1 aromatic rings. The number of carboxylic acid groups (broad SMARTS) is 1. The van der Waals surface area contributed by atoms with E-state index in [1.165, 1.54) is 11.1 Å². The maximum absolute atomic E-state index is 10.6. The van der Waals surface area contributed by atoms with Crippen molar-refractivity contribution in [1.82, 2.24) is 4.90 Å². The van der Waals surface area contributed by atoms with Gasteiger partial charge in [-0.2, -0.15) is 0 Å². The Labute approximate surface area is 139 Å². The molecule has 23 heavy (non-hydrogen) atoms. The number of rotatable bonds is 10. The number of carbonyl (C=O) groups is 1. The van der Waals surface area contributed by atoms with Crippen LogP contribution in [0.15, 0.2) is 24.3 Å². The van der Waals surface area contributed by atoms with Crippen molar-refractivity contribution >= 4 is 5.97 Å². The van der Waals surface area contributed by atoms with Gasteiger partial charge in [0.05, 0.1) is 6.10 Å². The first-order chi connectivity index (χ1) is 11.1. The van der Waals surface area contributed by atoms with Gasteiger partial charge in [0.2, 0.25) is 0 Å². The van der Waals surface area contributed by atoms with Crippen LogP contribution in [0.25, 0.3) is 0 Å². The van der Waals surface area contributed by atoms with Gasteiger partial charge < -0.3 is 14.7 Å². The molecule has 1 unspecified atom stereocenters. The number of hydrogen-bond acceptors (Lipinski definition) is 3. The predicted octanol–water partition coefficient (Wildman–Crippen LogP) is 3.27. The molecule has 4 nitrogen and oxygen atoms in total. The number of benzene rings is 1. The Morgan fingerprint density at radius 2 is 2.04 bits per heavy atom. The van der Waals surface area contributed by atoms with E-state index < -0.39 is 5.97 Å².